The Bertz CT molecular complexity index is 516. The Morgan fingerprint density at radius 3 is 2.74 bits per heavy atom. The topological polar surface area (TPSA) is 32.3 Å². The van der Waals surface area contributed by atoms with E-state index in [4.69, 9.17) is 0 Å². The summed E-state index contributed by atoms with van der Waals surface area (Å²) in [5, 5.41) is 3.01. The van der Waals surface area contributed by atoms with E-state index in [0.717, 1.165) is 18.9 Å². The summed E-state index contributed by atoms with van der Waals surface area (Å²) in [5.74, 6) is -0.726. The molecule has 2 fully saturated rings. The Hall–Kier alpha value is -1.49. The van der Waals surface area contributed by atoms with Gasteiger partial charge in [0.25, 0.3) is 0 Å². The Balaban J connectivity index is 1.91. The van der Waals surface area contributed by atoms with Gasteiger partial charge in [0.05, 0.1) is 6.54 Å². The number of carbonyl (C=O) groups is 1. The number of nitrogens with one attached hydrogen (secondary N) is 1. The van der Waals surface area contributed by atoms with E-state index in [0.29, 0.717) is 11.5 Å². The Morgan fingerprint density at radius 1 is 1.37 bits per heavy atom. The molecule has 1 heterocycles. The molecule has 0 spiro atoms. The molecule has 1 saturated heterocycles. The molecule has 3 rings (SSSR count). The van der Waals surface area contributed by atoms with E-state index in [2.05, 4.69) is 5.32 Å². The molecule has 5 heteroatoms. The highest BCUT2D eigenvalue weighted by Crippen LogP contribution is 2.39. The average Bonchev–Trinajstić information content (AvgIpc) is 3.13. The smallest absolute Gasteiger partial charge is 0.238 e. The predicted molar refractivity (Wildman–Crippen MR) is 66.1 cm³/mol. The molecule has 0 bridgehead atoms. The molecule has 1 amide bonds. The standard InChI is InChI=1S/C14H16F2N2O/c1-8(9-2-3-9)18-13(19)7-17-14(18)11-5-4-10(15)6-12(11)16/h4-6,8-9,14,17H,2-3,7H2,1H3. The number of carbonyl (C=O) groups excluding carboxylic acids is 1. The van der Waals surface area contributed by atoms with Gasteiger partial charge >= 0.3 is 0 Å². The highest BCUT2D eigenvalue weighted by Gasteiger charge is 2.42. The van der Waals surface area contributed by atoms with E-state index >= 15 is 0 Å². The van der Waals surface area contributed by atoms with Crippen molar-refractivity contribution in [3.05, 3.63) is 35.4 Å². The highest BCUT2D eigenvalue weighted by molar-refractivity contribution is 5.81. The van der Waals surface area contributed by atoms with Crippen LogP contribution in [0.25, 0.3) is 0 Å². The number of rotatable bonds is 3. The molecule has 2 atom stereocenters. The molecule has 1 N–H and O–H groups in total. The van der Waals surface area contributed by atoms with Crippen LogP contribution in [0, 0.1) is 17.6 Å². The molecule has 1 aliphatic heterocycles. The van der Waals surface area contributed by atoms with Gasteiger partial charge in [-0.05, 0) is 37.8 Å². The lowest BCUT2D eigenvalue weighted by Crippen LogP contribution is -2.39. The van der Waals surface area contributed by atoms with Crippen molar-refractivity contribution >= 4 is 5.91 Å². The number of benzene rings is 1. The fraction of sp³-hybridized carbons (Fsp3) is 0.500. The second-order valence-corrected chi connectivity index (χ2v) is 5.33. The lowest BCUT2D eigenvalue weighted by Gasteiger charge is -2.31. The molecule has 1 aromatic rings. The fourth-order valence-electron chi connectivity index (χ4n) is 2.77. The Morgan fingerprint density at radius 2 is 2.11 bits per heavy atom. The van der Waals surface area contributed by atoms with Crippen LogP contribution < -0.4 is 5.32 Å². The third-order valence-corrected chi connectivity index (χ3v) is 4.01. The van der Waals surface area contributed by atoms with Crippen molar-refractivity contribution in [1.29, 1.82) is 0 Å². The Labute approximate surface area is 110 Å². The lowest BCUT2D eigenvalue weighted by molar-refractivity contribution is -0.130. The first-order valence-corrected chi connectivity index (χ1v) is 6.57. The predicted octanol–water partition coefficient (Wildman–Crippen LogP) is 2.19. The first kappa shape index (κ1) is 12.5. The Kier molecular flexibility index (Phi) is 3.01. The summed E-state index contributed by atoms with van der Waals surface area (Å²) in [6.45, 7) is 2.20. The van der Waals surface area contributed by atoms with Crippen molar-refractivity contribution in [3.8, 4) is 0 Å². The zero-order chi connectivity index (χ0) is 13.6. The molecular formula is C14H16F2N2O. The van der Waals surface area contributed by atoms with Gasteiger partial charge in [0.2, 0.25) is 5.91 Å². The molecule has 19 heavy (non-hydrogen) atoms. The number of amides is 1. The van der Waals surface area contributed by atoms with Crippen LogP contribution in [-0.4, -0.2) is 23.4 Å². The van der Waals surface area contributed by atoms with Crippen LogP contribution in [0.4, 0.5) is 8.78 Å². The van der Waals surface area contributed by atoms with Gasteiger partial charge in [-0.2, -0.15) is 0 Å². The van der Waals surface area contributed by atoms with Crippen molar-refractivity contribution in [2.24, 2.45) is 5.92 Å². The molecule has 102 valence electrons. The molecule has 1 aromatic carbocycles. The van der Waals surface area contributed by atoms with Gasteiger partial charge in [-0.25, -0.2) is 8.78 Å². The molecule has 3 nitrogen and oxygen atoms in total. The SMILES string of the molecule is CC(C1CC1)N1C(=O)CNC1c1ccc(F)cc1F. The van der Waals surface area contributed by atoms with Crippen LogP contribution in [0.3, 0.4) is 0 Å². The third kappa shape index (κ3) is 2.23. The summed E-state index contributed by atoms with van der Waals surface area (Å²) in [7, 11) is 0. The number of halogens is 2. The minimum Gasteiger partial charge on any atom is -0.319 e. The summed E-state index contributed by atoms with van der Waals surface area (Å²) in [4.78, 5) is 13.7. The van der Waals surface area contributed by atoms with Gasteiger partial charge in [0, 0.05) is 17.7 Å². The maximum atomic E-state index is 13.9. The quantitative estimate of drug-likeness (QED) is 0.909. The van der Waals surface area contributed by atoms with Gasteiger partial charge < -0.3 is 4.90 Å². The first-order chi connectivity index (χ1) is 9.08. The van der Waals surface area contributed by atoms with Crippen molar-refractivity contribution in [3.63, 3.8) is 0 Å². The largest absolute Gasteiger partial charge is 0.319 e. The summed E-state index contributed by atoms with van der Waals surface area (Å²) < 4.78 is 26.8. The van der Waals surface area contributed by atoms with Crippen LogP contribution >= 0.6 is 0 Å². The number of nitrogens with zero attached hydrogens (tertiary/aromatic N) is 1. The third-order valence-electron chi connectivity index (χ3n) is 4.01. The normalized spacial score (nSPS) is 24.9. The van der Waals surface area contributed by atoms with E-state index in [9.17, 15) is 13.6 Å². The van der Waals surface area contributed by atoms with Gasteiger partial charge in [-0.15, -0.1) is 0 Å². The number of hydrogen-bond donors (Lipinski definition) is 1. The number of hydrogen-bond acceptors (Lipinski definition) is 2. The fourth-order valence-corrected chi connectivity index (χ4v) is 2.77. The molecular weight excluding hydrogens is 250 g/mol. The molecule has 1 aliphatic carbocycles. The summed E-state index contributed by atoms with van der Waals surface area (Å²) in [6.07, 6.45) is 1.75. The van der Waals surface area contributed by atoms with Gasteiger partial charge in [0.1, 0.15) is 17.8 Å². The highest BCUT2D eigenvalue weighted by atomic mass is 19.1. The maximum Gasteiger partial charge on any atom is 0.238 e. The van der Waals surface area contributed by atoms with Crippen LogP contribution in [0.5, 0.6) is 0 Å². The van der Waals surface area contributed by atoms with Crippen molar-refractivity contribution in [2.75, 3.05) is 6.54 Å². The van der Waals surface area contributed by atoms with Gasteiger partial charge in [0.15, 0.2) is 0 Å². The van der Waals surface area contributed by atoms with E-state index < -0.39 is 17.8 Å². The second-order valence-electron chi connectivity index (χ2n) is 5.33. The minimum atomic E-state index is -0.611. The van der Waals surface area contributed by atoms with E-state index in [1.807, 2.05) is 6.92 Å². The van der Waals surface area contributed by atoms with Crippen molar-refractivity contribution < 1.29 is 13.6 Å². The lowest BCUT2D eigenvalue weighted by atomic mass is 10.1. The summed E-state index contributed by atoms with van der Waals surface area (Å²) >= 11 is 0. The summed E-state index contributed by atoms with van der Waals surface area (Å²) in [5.41, 5.74) is 0.333. The average molecular weight is 266 g/mol. The van der Waals surface area contributed by atoms with Crippen molar-refractivity contribution in [1.82, 2.24) is 10.2 Å². The zero-order valence-electron chi connectivity index (χ0n) is 10.7. The van der Waals surface area contributed by atoms with Gasteiger partial charge in [-0.3, -0.25) is 10.1 Å². The molecule has 1 saturated carbocycles. The van der Waals surface area contributed by atoms with E-state index in [1.54, 1.807) is 4.90 Å². The molecule has 0 radical (unpaired) electrons. The van der Waals surface area contributed by atoms with Crippen LogP contribution in [-0.2, 0) is 4.79 Å². The van der Waals surface area contributed by atoms with Gasteiger partial charge in [-0.1, -0.05) is 0 Å². The molecule has 2 aliphatic rings. The zero-order valence-corrected chi connectivity index (χ0v) is 10.7. The molecule has 0 aromatic heterocycles. The minimum absolute atomic E-state index is 0.0203. The van der Waals surface area contributed by atoms with Crippen LogP contribution in [0.2, 0.25) is 0 Å². The van der Waals surface area contributed by atoms with E-state index in [1.165, 1.54) is 12.1 Å². The van der Waals surface area contributed by atoms with Crippen LogP contribution in [0.15, 0.2) is 18.2 Å². The maximum absolute atomic E-state index is 13.9. The first-order valence-electron chi connectivity index (χ1n) is 6.57. The van der Waals surface area contributed by atoms with E-state index in [-0.39, 0.29) is 18.5 Å². The second kappa shape index (κ2) is 4.56. The van der Waals surface area contributed by atoms with Crippen LogP contribution in [0.1, 0.15) is 31.5 Å². The molecule has 2 unspecified atom stereocenters. The van der Waals surface area contributed by atoms with Crippen molar-refractivity contribution in [2.45, 2.75) is 32.0 Å². The summed E-state index contributed by atoms with van der Waals surface area (Å²) in [6, 6.07) is 3.59. The monoisotopic (exact) mass is 266 g/mol.